The van der Waals surface area contributed by atoms with Crippen molar-refractivity contribution in [2.75, 3.05) is 31.8 Å². The van der Waals surface area contributed by atoms with Crippen molar-refractivity contribution in [2.45, 2.75) is 38.3 Å². The lowest BCUT2D eigenvalue weighted by atomic mass is 9.68. The van der Waals surface area contributed by atoms with Crippen LogP contribution in [0.1, 0.15) is 26.7 Å². The van der Waals surface area contributed by atoms with Gasteiger partial charge < -0.3 is 18.9 Å². The molecule has 2 heterocycles. The van der Waals surface area contributed by atoms with Crippen molar-refractivity contribution in [3.8, 4) is 0 Å². The first kappa shape index (κ1) is 13.0. The van der Waals surface area contributed by atoms with Crippen LogP contribution in [0.15, 0.2) is 0 Å². The van der Waals surface area contributed by atoms with E-state index in [1.54, 1.807) is 0 Å². The number of alkyl halides is 1. The van der Waals surface area contributed by atoms with E-state index in [2.05, 4.69) is 29.8 Å². The van der Waals surface area contributed by atoms with Gasteiger partial charge in [0, 0.05) is 16.7 Å². The van der Waals surface area contributed by atoms with Gasteiger partial charge in [-0.3, -0.25) is 0 Å². The van der Waals surface area contributed by atoms with Crippen LogP contribution in [0.3, 0.4) is 0 Å². The summed E-state index contributed by atoms with van der Waals surface area (Å²) in [6.45, 7) is 7.16. The summed E-state index contributed by atoms with van der Waals surface area (Å²) in [7, 11) is 0. The van der Waals surface area contributed by atoms with Crippen molar-refractivity contribution >= 4 is 15.9 Å². The highest BCUT2D eigenvalue weighted by molar-refractivity contribution is 9.09. The Balaban J connectivity index is 1.93. The largest absolute Gasteiger partial charge is 0.343 e. The maximum absolute atomic E-state index is 6.18. The fourth-order valence-electron chi connectivity index (χ4n) is 5.18. The Labute approximate surface area is 122 Å². The van der Waals surface area contributed by atoms with Gasteiger partial charge in [0.05, 0.1) is 26.4 Å². The van der Waals surface area contributed by atoms with Crippen LogP contribution in [0.4, 0.5) is 0 Å². The number of halogens is 1. The van der Waals surface area contributed by atoms with Crippen molar-refractivity contribution in [1.82, 2.24) is 0 Å². The van der Waals surface area contributed by atoms with Gasteiger partial charge in [-0.05, 0) is 18.3 Å². The first-order valence-electron chi connectivity index (χ1n) is 7.18. The molecular formula is C14H21BrO4. The van der Waals surface area contributed by atoms with E-state index in [0.717, 1.165) is 18.2 Å². The molecule has 5 heteroatoms. The van der Waals surface area contributed by atoms with Crippen molar-refractivity contribution in [3.63, 3.8) is 0 Å². The normalized spacial score (nSPS) is 49.7. The molecule has 19 heavy (non-hydrogen) atoms. The van der Waals surface area contributed by atoms with Gasteiger partial charge in [0.1, 0.15) is 0 Å². The van der Waals surface area contributed by atoms with Gasteiger partial charge in [-0.25, -0.2) is 0 Å². The molecule has 2 saturated carbocycles. The Bertz CT molecular complexity index is 402. The average molecular weight is 333 g/mol. The van der Waals surface area contributed by atoms with E-state index in [4.69, 9.17) is 18.9 Å². The molecule has 0 amide bonds. The molecule has 0 N–H and O–H groups in total. The standard InChI is InChI=1S/C14H21BrO4/c1-11(9-15)10-3-4-12(11,2)14(18-7-8-19-14)13(10)16-5-6-17-13/h10H,3-9H2,1-2H3/t10-,11-,12+/m1/s1. The van der Waals surface area contributed by atoms with Crippen LogP contribution in [0.25, 0.3) is 0 Å². The van der Waals surface area contributed by atoms with Crippen molar-refractivity contribution in [3.05, 3.63) is 0 Å². The van der Waals surface area contributed by atoms with E-state index in [1.807, 2.05) is 0 Å². The first-order valence-corrected chi connectivity index (χ1v) is 8.30. The van der Waals surface area contributed by atoms with Crippen LogP contribution in [0, 0.1) is 16.7 Å². The van der Waals surface area contributed by atoms with Crippen LogP contribution >= 0.6 is 15.9 Å². The van der Waals surface area contributed by atoms with Gasteiger partial charge in [0.25, 0.3) is 0 Å². The molecule has 2 spiro atoms. The van der Waals surface area contributed by atoms with Gasteiger partial charge in [-0.15, -0.1) is 0 Å². The van der Waals surface area contributed by atoms with Crippen molar-refractivity contribution in [1.29, 1.82) is 0 Å². The Morgan fingerprint density at radius 2 is 1.58 bits per heavy atom. The smallest absolute Gasteiger partial charge is 0.230 e. The van der Waals surface area contributed by atoms with Crippen LogP contribution in [-0.4, -0.2) is 43.3 Å². The van der Waals surface area contributed by atoms with E-state index >= 15 is 0 Å². The third-order valence-electron chi connectivity index (χ3n) is 6.29. The highest BCUT2D eigenvalue weighted by Crippen LogP contribution is 2.77. The highest BCUT2D eigenvalue weighted by atomic mass is 79.9. The monoisotopic (exact) mass is 332 g/mol. The molecule has 0 radical (unpaired) electrons. The van der Waals surface area contributed by atoms with Crippen LogP contribution in [0.2, 0.25) is 0 Å². The molecule has 4 aliphatic rings. The van der Waals surface area contributed by atoms with Crippen LogP contribution in [-0.2, 0) is 18.9 Å². The lowest BCUT2D eigenvalue weighted by Gasteiger charge is -2.49. The molecule has 2 bridgehead atoms. The van der Waals surface area contributed by atoms with E-state index in [0.29, 0.717) is 32.3 Å². The van der Waals surface area contributed by atoms with Gasteiger partial charge >= 0.3 is 0 Å². The van der Waals surface area contributed by atoms with Gasteiger partial charge in [0.2, 0.25) is 11.6 Å². The summed E-state index contributed by atoms with van der Waals surface area (Å²) in [5.41, 5.74) is -0.00329. The Morgan fingerprint density at radius 1 is 1.00 bits per heavy atom. The minimum atomic E-state index is -0.720. The molecule has 0 aromatic heterocycles. The molecule has 2 saturated heterocycles. The van der Waals surface area contributed by atoms with Gasteiger partial charge in [0.15, 0.2) is 0 Å². The number of hydrogen-bond donors (Lipinski definition) is 0. The quantitative estimate of drug-likeness (QED) is 0.690. The number of ether oxygens (including phenoxy) is 4. The molecule has 4 fully saturated rings. The Hall–Kier alpha value is 0.320. The van der Waals surface area contributed by atoms with E-state index in [1.165, 1.54) is 0 Å². The molecule has 4 nitrogen and oxygen atoms in total. The third kappa shape index (κ3) is 1.11. The zero-order valence-electron chi connectivity index (χ0n) is 11.5. The van der Waals surface area contributed by atoms with Gasteiger partial charge in [-0.2, -0.15) is 0 Å². The summed E-state index contributed by atoms with van der Waals surface area (Å²) in [4.78, 5) is 0. The molecular weight excluding hydrogens is 312 g/mol. The fraction of sp³-hybridized carbons (Fsp3) is 1.00. The summed E-state index contributed by atoms with van der Waals surface area (Å²) < 4.78 is 24.6. The Kier molecular flexibility index (Phi) is 2.56. The molecule has 2 aliphatic carbocycles. The molecule has 0 unspecified atom stereocenters. The fourth-order valence-corrected chi connectivity index (χ4v) is 6.19. The predicted octanol–water partition coefficient (Wildman–Crippen LogP) is 2.30. The molecule has 4 rings (SSSR count). The molecule has 0 aromatic rings. The lowest BCUT2D eigenvalue weighted by Crippen LogP contribution is -2.63. The third-order valence-corrected chi connectivity index (χ3v) is 7.46. The predicted molar refractivity (Wildman–Crippen MR) is 72.0 cm³/mol. The molecule has 2 aliphatic heterocycles. The summed E-state index contributed by atoms with van der Waals surface area (Å²) >= 11 is 3.73. The SMILES string of the molecule is C[C@@]1(CBr)[C@H]2CC[C@]1(C)C1(OCCO1)C21OCCO1. The minimum absolute atomic E-state index is 0.0711. The second-order valence-corrected chi connectivity index (χ2v) is 7.21. The lowest BCUT2D eigenvalue weighted by molar-refractivity contribution is -0.381. The van der Waals surface area contributed by atoms with Crippen LogP contribution in [0.5, 0.6) is 0 Å². The summed E-state index contributed by atoms with van der Waals surface area (Å²) in [6.07, 6.45) is 2.22. The topological polar surface area (TPSA) is 36.9 Å². The maximum atomic E-state index is 6.18. The molecule has 0 aromatic carbocycles. The highest BCUT2D eigenvalue weighted by Gasteiger charge is 2.86. The molecule has 108 valence electrons. The second-order valence-electron chi connectivity index (χ2n) is 6.65. The number of hydrogen-bond acceptors (Lipinski definition) is 4. The van der Waals surface area contributed by atoms with E-state index in [-0.39, 0.29) is 10.8 Å². The first-order chi connectivity index (χ1) is 9.06. The zero-order chi connectivity index (χ0) is 13.4. The number of rotatable bonds is 1. The van der Waals surface area contributed by atoms with Crippen molar-refractivity contribution in [2.24, 2.45) is 16.7 Å². The summed E-state index contributed by atoms with van der Waals surface area (Å²) in [5, 5.41) is 0.921. The Morgan fingerprint density at radius 3 is 2.16 bits per heavy atom. The van der Waals surface area contributed by atoms with Gasteiger partial charge in [-0.1, -0.05) is 29.8 Å². The van der Waals surface area contributed by atoms with E-state index in [9.17, 15) is 0 Å². The maximum Gasteiger partial charge on any atom is 0.230 e. The average Bonchev–Trinajstić information content (AvgIpc) is 3.11. The van der Waals surface area contributed by atoms with E-state index < -0.39 is 11.6 Å². The van der Waals surface area contributed by atoms with Crippen LogP contribution < -0.4 is 0 Å². The zero-order valence-corrected chi connectivity index (χ0v) is 13.1. The molecule has 3 atom stereocenters. The summed E-state index contributed by atoms with van der Waals surface area (Å²) in [5.74, 6) is -1.09. The second kappa shape index (κ2) is 3.74. The summed E-state index contributed by atoms with van der Waals surface area (Å²) in [6, 6.07) is 0. The van der Waals surface area contributed by atoms with Crippen molar-refractivity contribution < 1.29 is 18.9 Å². The number of fused-ring (bicyclic) bond motifs is 5. The minimum Gasteiger partial charge on any atom is -0.343 e.